The number of pyridine rings is 1. The summed E-state index contributed by atoms with van der Waals surface area (Å²) in [6.45, 7) is 0. The maximum Gasteiger partial charge on any atom is 0.143 e. The lowest BCUT2D eigenvalue weighted by molar-refractivity contribution is 0.461. The summed E-state index contributed by atoms with van der Waals surface area (Å²) in [6.07, 6.45) is 15.4. The predicted molar refractivity (Wildman–Crippen MR) is 126 cm³/mol. The molecule has 2 unspecified atom stereocenters. The van der Waals surface area contributed by atoms with E-state index in [1.165, 1.54) is 30.4 Å². The zero-order chi connectivity index (χ0) is 21.5. The number of nitrogens with two attached hydrogens (primary N) is 1. The zero-order valence-corrected chi connectivity index (χ0v) is 17.8. The SMILES string of the molecule is Nc1ccc2cc(-c3cn[nH]c3)c(CCC3CCC(n4ccc5cncnc54)C3)cc2n1. The van der Waals surface area contributed by atoms with Gasteiger partial charge in [0.15, 0.2) is 0 Å². The average Bonchev–Trinajstić information content (AvgIpc) is 3.57. The van der Waals surface area contributed by atoms with E-state index in [4.69, 9.17) is 5.73 Å². The molecule has 0 amide bonds. The van der Waals surface area contributed by atoms with Crippen molar-refractivity contribution in [3.05, 3.63) is 67.0 Å². The van der Waals surface area contributed by atoms with Crippen LogP contribution in [0.3, 0.4) is 0 Å². The van der Waals surface area contributed by atoms with Gasteiger partial charge in [-0.1, -0.05) is 0 Å². The molecule has 0 saturated heterocycles. The Morgan fingerprint density at radius 1 is 1.09 bits per heavy atom. The molecule has 32 heavy (non-hydrogen) atoms. The van der Waals surface area contributed by atoms with Crippen molar-refractivity contribution in [1.29, 1.82) is 0 Å². The Labute approximate surface area is 185 Å². The molecule has 5 aromatic rings. The van der Waals surface area contributed by atoms with Crippen LogP contribution in [0.1, 0.15) is 37.3 Å². The molecule has 1 aliphatic carbocycles. The molecule has 1 saturated carbocycles. The zero-order valence-electron chi connectivity index (χ0n) is 17.8. The van der Waals surface area contributed by atoms with E-state index >= 15 is 0 Å². The largest absolute Gasteiger partial charge is 0.384 e. The fourth-order valence-corrected chi connectivity index (χ4v) is 5.22. The first-order chi connectivity index (χ1) is 15.7. The molecule has 160 valence electrons. The van der Waals surface area contributed by atoms with Crippen molar-refractivity contribution in [1.82, 2.24) is 29.7 Å². The van der Waals surface area contributed by atoms with Crippen LogP contribution in [0.5, 0.6) is 0 Å². The molecular formula is C25H25N7. The predicted octanol–water partition coefficient (Wildman–Crippen LogP) is 4.93. The number of hydrogen-bond donors (Lipinski definition) is 2. The Kier molecular flexibility index (Phi) is 4.60. The summed E-state index contributed by atoms with van der Waals surface area (Å²) >= 11 is 0. The van der Waals surface area contributed by atoms with Crippen molar-refractivity contribution in [2.24, 2.45) is 5.92 Å². The number of benzene rings is 1. The van der Waals surface area contributed by atoms with E-state index in [1.807, 2.05) is 30.7 Å². The summed E-state index contributed by atoms with van der Waals surface area (Å²) in [5.74, 6) is 1.25. The van der Waals surface area contributed by atoms with Crippen molar-refractivity contribution >= 4 is 27.8 Å². The molecular weight excluding hydrogens is 398 g/mol. The normalized spacial score (nSPS) is 18.6. The monoisotopic (exact) mass is 423 g/mol. The van der Waals surface area contributed by atoms with E-state index in [9.17, 15) is 0 Å². The first kappa shape index (κ1) is 19.0. The van der Waals surface area contributed by atoms with Gasteiger partial charge in [-0.15, -0.1) is 0 Å². The highest BCUT2D eigenvalue weighted by Gasteiger charge is 2.27. The Balaban J connectivity index is 1.24. The van der Waals surface area contributed by atoms with E-state index in [0.717, 1.165) is 40.3 Å². The third-order valence-electron chi connectivity index (χ3n) is 6.85. The number of aromatic amines is 1. The van der Waals surface area contributed by atoms with Gasteiger partial charge in [0.25, 0.3) is 0 Å². The Morgan fingerprint density at radius 2 is 2.06 bits per heavy atom. The molecule has 4 aromatic heterocycles. The van der Waals surface area contributed by atoms with Gasteiger partial charge < -0.3 is 10.3 Å². The lowest BCUT2D eigenvalue weighted by Crippen LogP contribution is -2.06. The smallest absolute Gasteiger partial charge is 0.143 e. The van der Waals surface area contributed by atoms with Crippen molar-refractivity contribution < 1.29 is 0 Å². The van der Waals surface area contributed by atoms with Gasteiger partial charge in [-0.2, -0.15) is 5.10 Å². The van der Waals surface area contributed by atoms with Gasteiger partial charge >= 0.3 is 0 Å². The minimum absolute atomic E-state index is 0.513. The molecule has 1 aromatic carbocycles. The summed E-state index contributed by atoms with van der Waals surface area (Å²) < 4.78 is 2.34. The molecule has 6 rings (SSSR count). The summed E-state index contributed by atoms with van der Waals surface area (Å²) in [5.41, 5.74) is 11.6. The second-order valence-electron chi connectivity index (χ2n) is 8.82. The Morgan fingerprint density at radius 3 is 2.97 bits per heavy atom. The number of rotatable bonds is 5. The number of anilines is 1. The van der Waals surface area contributed by atoms with Crippen LogP contribution in [-0.4, -0.2) is 29.7 Å². The minimum atomic E-state index is 0.513. The molecule has 7 heteroatoms. The van der Waals surface area contributed by atoms with Crippen LogP contribution in [-0.2, 0) is 6.42 Å². The number of nitrogens with zero attached hydrogens (tertiary/aromatic N) is 5. The number of nitrogen functional groups attached to an aromatic ring is 1. The van der Waals surface area contributed by atoms with E-state index in [0.29, 0.717) is 17.8 Å². The van der Waals surface area contributed by atoms with Crippen molar-refractivity contribution in [3.63, 3.8) is 0 Å². The average molecular weight is 424 g/mol. The minimum Gasteiger partial charge on any atom is -0.384 e. The van der Waals surface area contributed by atoms with Gasteiger partial charge in [-0.3, -0.25) is 5.10 Å². The summed E-state index contributed by atoms with van der Waals surface area (Å²) in [5, 5.41) is 9.32. The number of nitrogens with one attached hydrogen (secondary N) is 1. The van der Waals surface area contributed by atoms with Crippen LogP contribution in [0.4, 0.5) is 5.82 Å². The highest BCUT2D eigenvalue weighted by molar-refractivity contribution is 5.87. The van der Waals surface area contributed by atoms with Gasteiger partial charge in [-0.25, -0.2) is 15.0 Å². The van der Waals surface area contributed by atoms with Crippen LogP contribution in [0, 0.1) is 5.92 Å². The third kappa shape index (κ3) is 3.39. The van der Waals surface area contributed by atoms with Crippen LogP contribution in [0.2, 0.25) is 0 Å². The molecule has 3 N–H and O–H groups in total. The third-order valence-corrected chi connectivity index (χ3v) is 6.85. The molecule has 0 radical (unpaired) electrons. The summed E-state index contributed by atoms with van der Waals surface area (Å²) in [4.78, 5) is 13.2. The van der Waals surface area contributed by atoms with Crippen molar-refractivity contribution in [2.75, 3.05) is 5.73 Å². The number of aryl methyl sites for hydroxylation is 1. The summed E-state index contributed by atoms with van der Waals surface area (Å²) in [6, 6.07) is 10.9. The number of aromatic nitrogens is 6. The van der Waals surface area contributed by atoms with E-state index in [2.05, 4.69) is 54.1 Å². The molecule has 2 atom stereocenters. The lowest BCUT2D eigenvalue weighted by atomic mass is 9.92. The number of hydrogen-bond acceptors (Lipinski definition) is 5. The van der Waals surface area contributed by atoms with E-state index in [-0.39, 0.29) is 0 Å². The lowest BCUT2D eigenvalue weighted by Gasteiger charge is -2.15. The van der Waals surface area contributed by atoms with Crippen LogP contribution >= 0.6 is 0 Å². The maximum atomic E-state index is 5.94. The van der Waals surface area contributed by atoms with Gasteiger partial charge in [0.2, 0.25) is 0 Å². The van der Waals surface area contributed by atoms with Crippen molar-refractivity contribution in [3.8, 4) is 11.1 Å². The fourth-order valence-electron chi connectivity index (χ4n) is 5.22. The number of fused-ring (bicyclic) bond motifs is 2. The first-order valence-electron chi connectivity index (χ1n) is 11.2. The standard InChI is InChI=1S/C25H25N7/c26-24-6-4-18-10-22(20-13-29-30-14-20)17(11-23(18)31-24)3-1-16-2-5-21(9-16)32-8-7-19-12-27-15-28-25(19)32/h4,6-8,10-16,21H,1-3,5,9H2,(H2,26,31)(H,29,30). The Hall–Kier alpha value is -3.74. The number of H-pyrrole nitrogens is 1. The van der Waals surface area contributed by atoms with Crippen LogP contribution in [0.25, 0.3) is 33.1 Å². The highest BCUT2D eigenvalue weighted by atomic mass is 15.1. The molecule has 1 aliphatic rings. The first-order valence-corrected chi connectivity index (χ1v) is 11.2. The van der Waals surface area contributed by atoms with Crippen LogP contribution < -0.4 is 5.73 Å². The maximum absolute atomic E-state index is 5.94. The van der Waals surface area contributed by atoms with Gasteiger partial charge in [0.1, 0.15) is 17.8 Å². The fraction of sp³-hybridized carbons (Fsp3) is 0.280. The second-order valence-corrected chi connectivity index (χ2v) is 8.82. The van der Waals surface area contributed by atoms with Gasteiger partial charge in [0, 0.05) is 41.0 Å². The Bertz CT molecular complexity index is 1390. The molecule has 0 bridgehead atoms. The van der Waals surface area contributed by atoms with Crippen LogP contribution in [0.15, 0.2) is 61.4 Å². The molecule has 4 heterocycles. The highest BCUT2D eigenvalue weighted by Crippen LogP contribution is 2.39. The topological polar surface area (TPSA) is 98.3 Å². The second kappa shape index (κ2) is 7.75. The molecule has 0 spiro atoms. The van der Waals surface area contributed by atoms with Gasteiger partial charge in [0.05, 0.1) is 11.7 Å². The quantitative estimate of drug-likeness (QED) is 0.418. The van der Waals surface area contributed by atoms with E-state index < -0.39 is 0 Å². The van der Waals surface area contributed by atoms with E-state index in [1.54, 1.807) is 6.33 Å². The van der Waals surface area contributed by atoms with Crippen molar-refractivity contribution in [2.45, 2.75) is 38.1 Å². The summed E-state index contributed by atoms with van der Waals surface area (Å²) in [7, 11) is 0. The van der Waals surface area contributed by atoms with Gasteiger partial charge in [-0.05, 0) is 79.5 Å². The molecule has 0 aliphatic heterocycles. The molecule has 7 nitrogen and oxygen atoms in total. The molecule has 1 fully saturated rings.